The van der Waals surface area contributed by atoms with Gasteiger partial charge >= 0.3 is 18.4 Å². The van der Waals surface area contributed by atoms with E-state index < -0.39 is 54.0 Å². The number of benzene rings is 2. The summed E-state index contributed by atoms with van der Waals surface area (Å²) in [4.78, 5) is 43.1. The Bertz CT molecular complexity index is 1200. The molecule has 2 heterocycles. The van der Waals surface area contributed by atoms with Crippen molar-refractivity contribution in [2.75, 3.05) is 13.1 Å². The van der Waals surface area contributed by atoms with Crippen LogP contribution in [0.4, 0.5) is 31.1 Å². The van der Waals surface area contributed by atoms with E-state index in [1.807, 2.05) is 18.2 Å². The second-order valence-corrected chi connectivity index (χ2v) is 9.32. The summed E-state index contributed by atoms with van der Waals surface area (Å²) < 4.78 is 84.3. The lowest BCUT2D eigenvalue weighted by Gasteiger charge is -2.51. The molecule has 0 aromatic heterocycles. The third kappa shape index (κ3) is 6.12. The van der Waals surface area contributed by atoms with Crippen LogP contribution in [0.2, 0.25) is 0 Å². The minimum Gasteiger partial charge on any atom is -0.444 e. The first-order chi connectivity index (χ1) is 18.3. The predicted molar refractivity (Wildman–Crippen MR) is 125 cm³/mol. The molecule has 0 spiro atoms. The summed E-state index contributed by atoms with van der Waals surface area (Å²) >= 11 is 0. The summed E-state index contributed by atoms with van der Waals surface area (Å²) in [6, 6.07) is 9.20. The van der Waals surface area contributed by atoms with Crippen LogP contribution < -0.4 is 0 Å². The van der Waals surface area contributed by atoms with E-state index in [0.717, 1.165) is 5.56 Å². The molecule has 0 radical (unpaired) electrons. The number of hydrogen-bond donors (Lipinski definition) is 0. The number of fused-ring (bicyclic) bond motifs is 1. The van der Waals surface area contributed by atoms with Crippen LogP contribution in [0, 0.1) is 0 Å². The molecule has 2 aromatic carbocycles. The van der Waals surface area contributed by atoms with Crippen LogP contribution in [-0.2, 0) is 39.8 Å². The fourth-order valence-electron chi connectivity index (χ4n) is 4.86. The number of nitrogens with zero attached hydrogens (tertiary/aromatic N) is 3. The molecule has 0 bridgehead atoms. The zero-order chi connectivity index (χ0) is 28.5. The van der Waals surface area contributed by atoms with Gasteiger partial charge in [0.2, 0.25) is 11.8 Å². The Hall–Kier alpha value is -3.77. The fourth-order valence-corrected chi connectivity index (χ4v) is 4.86. The number of carbonyl (C=O) groups excluding carboxylic acids is 3. The van der Waals surface area contributed by atoms with Gasteiger partial charge in [0.1, 0.15) is 18.8 Å². The van der Waals surface area contributed by atoms with Crippen LogP contribution in [0.1, 0.15) is 42.0 Å². The highest BCUT2D eigenvalue weighted by molar-refractivity contribution is 5.90. The van der Waals surface area contributed by atoms with Gasteiger partial charge in [-0.05, 0) is 35.7 Å². The topological polar surface area (TPSA) is 70.2 Å². The van der Waals surface area contributed by atoms with Gasteiger partial charge in [0, 0.05) is 19.5 Å². The van der Waals surface area contributed by atoms with Crippen LogP contribution in [0.25, 0.3) is 0 Å². The molecule has 3 amide bonds. The van der Waals surface area contributed by atoms with Crippen molar-refractivity contribution in [3.05, 3.63) is 70.8 Å². The lowest BCUT2D eigenvalue weighted by Crippen LogP contribution is -2.71. The minimum absolute atomic E-state index is 0.00923. The molecule has 0 aliphatic carbocycles. The van der Waals surface area contributed by atoms with Crippen LogP contribution in [0.3, 0.4) is 0 Å². The number of piperazine rings is 1. The monoisotopic (exact) mass is 557 g/mol. The van der Waals surface area contributed by atoms with Gasteiger partial charge in [-0.3, -0.25) is 14.5 Å². The Morgan fingerprint density at radius 1 is 0.949 bits per heavy atom. The van der Waals surface area contributed by atoms with Crippen molar-refractivity contribution >= 4 is 17.9 Å². The van der Waals surface area contributed by atoms with E-state index in [2.05, 4.69) is 0 Å². The SMILES string of the molecule is CC[C@H]1C(=O)N(Cc2ccccc2)C[C@@H]2N(C(=O)OCc3cc(C(F)(F)F)cc(C(F)(F)F)c3)CCC(=O)N21. The van der Waals surface area contributed by atoms with Gasteiger partial charge in [0.05, 0.1) is 17.7 Å². The average Bonchev–Trinajstić information content (AvgIpc) is 2.88. The van der Waals surface area contributed by atoms with E-state index in [-0.39, 0.29) is 50.4 Å². The van der Waals surface area contributed by atoms with E-state index >= 15 is 0 Å². The molecule has 7 nitrogen and oxygen atoms in total. The van der Waals surface area contributed by atoms with E-state index in [0.29, 0.717) is 12.1 Å². The van der Waals surface area contributed by atoms with Crippen molar-refractivity contribution in [3.63, 3.8) is 0 Å². The van der Waals surface area contributed by atoms with Crippen LogP contribution in [0.5, 0.6) is 0 Å². The smallest absolute Gasteiger partial charge is 0.416 e. The largest absolute Gasteiger partial charge is 0.444 e. The zero-order valence-corrected chi connectivity index (χ0v) is 20.8. The molecule has 2 aromatic rings. The Morgan fingerprint density at radius 2 is 1.56 bits per heavy atom. The van der Waals surface area contributed by atoms with Crippen molar-refractivity contribution in [2.45, 2.75) is 57.5 Å². The summed E-state index contributed by atoms with van der Waals surface area (Å²) in [5.74, 6) is -0.624. The maximum atomic E-state index is 13.2. The maximum Gasteiger partial charge on any atom is 0.416 e. The van der Waals surface area contributed by atoms with Gasteiger partial charge in [0.15, 0.2) is 0 Å². The third-order valence-electron chi connectivity index (χ3n) is 6.70. The number of amides is 3. The second kappa shape index (κ2) is 10.8. The number of halogens is 6. The molecule has 39 heavy (non-hydrogen) atoms. The van der Waals surface area contributed by atoms with Crippen molar-refractivity contribution in [3.8, 4) is 0 Å². The van der Waals surface area contributed by atoms with Gasteiger partial charge in [-0.15, -0.1) is 0 Å². The summed E-state index contributed by atoms with van der Waals surface area (Å²) in [7, 11) is 0. The molecule has 210 valence electrons. The van der Waals surface area contributed by atoms with Gasteiger partial charge in [0.25, 0.3) is 0 Å². The van der Waals surface area contributed by atoms with Gasteiger partial charge in [-0.1, -0.05) is 37.3 Å². The first-order valence-electron chi connectivity index (χ1n) is 12.1. The molecule has 0 unspecified atom stereocenters. The molecule has 2 fully saturated rings. The third-order valence-corrected chi connectivity index (χ3v) is 6.70. The minimum atomic E-state index is -5.04. The quantitative estimate of drug-likeness (QED) is 0.483. The lowest BCUT2D eigenvalue weighted by molar-refractivity contribution is -0.168. The van der Waals surface area contributed by atoms with Crippen LogP contribution in [0.15, 0.2) is 48.5 Å². The zero-order valence-electron chi connectivity index (χ0n) is 20.8. The maximum absolute atomic E-state index is 13.2. The number of hydrogen-bond acceptors (Lipinski definition) is 4. The fraction of sp³-hybridized carbons (Fsp3) is 0.423. The van der Waals surface area contributed by atoms with E-state index in [1.54, 1.807) is 19.1 Å². The van der Waals surface area contributed by atoms with Crippen molar-refractivity contribution < 1.29 is 45.5 Å². The van der Waals surface area contributed by atoms with Crippen LogP contribution in [-0.4, -0.2) is 57.9 Å². The molecule has 2 aliphatic rings. The van der Waals surface area contributed by atoms with Crippen molar-refractivity contribution in [1.29, 1.82) is 0 Å². The predicted octanol–water partition coefficient (Wildman–Crippen LogP) is 5.04. The highest BCUT2D eigenvalue weighted by Crippen LogP contribution is 2.36. The Morgan fingerprint density at radius 3 is 2.13 bits per heavy atom. The van der Waals surface area contributed by atoms with E-state index in [9.17, 15) is 40.7 Å². The van der Waals surface area contributed by atoms with Crippen molar-refractivity contribution in [2.24, 2.45) is 0 Å². The van der Waals surface area contributed by atoms with E-state index in [1.165, 1.54) is 14.7 Å². The number of carbonyl (C=O) groups is 3. The first-order valence-corrected chi connectivity index (χ1v) is 12.1. The number of alkyl halides is 6. The Balaban J connectivity index is 1.55. The van der Waals surface area contributed by atoms with E-state index in [4.69, 9.17) is 4.74 Å². The average molecular weight is 557 g/mol. The number of rotatable bonds is 5. The molecular formula is C26H25F6N3O4. The Labute approximate surface area is 219 Å². The lowest BCUT2D eigenvalue weighted by atomic mass is 10.0. The second-order valence-electron chi connectivity index (χ2n) is 9.32. The molecule has 0 N–H and O–H groups in total. The van der Waals surface area contributed by atoms with Gasteiger partial charge < -0.3 is 14.5 Å². The van der Waals surface area contributed by atoms with Gasteiger partial charge in [-0.25, -0.2) is 4.79 Å². The normalized spacial score (nSPS) is 20.2. The highest BCUT2D eigenvalue weighted by Gasteiger charge is 2.48. The highest BCUT2D eigenvalue weighted by atomic mass is 19.4. The molecular weight excluding hydrogens is 532 g/mol. The molecule has 2 atom stereocenters. The van der Waals surface area contributed by atoms with Crippen molar-refractivity contribution in [1.82, 2.24) is 14.7 Å². The van der Waals surface area contributed by atoms with Crippen LogP contribution >= 0.6 is 0 Å². The summed E-state index contributed by atoms with van der Waals surface area (Å²) in [5.41, 5.74) is -2.71. The molecule has 13 heteroatoms. The molecule has 2 aliphatic heterocycles. The van der Waals surface area contributed by atoms with Gasteiger partial charge in [-0.2, -0.15) is 26.3 Å². The summed E-state index contributed by atoms with van der Waals surface area (Å²) in [5, 5.41) is 0. The number of ether oxygens (including phenoxy) is 1. The molecule has 2 saturated heterocycles. The molecule has 0 saturated carbocycles. The Kier molecular flexibility index (Phi) is 7.80. The summed E-state index contributed by atoms with van der Waals surface area (Å²) in [6.45, 7) is 0.975. The first kappa shape index (κ1) is 28.2. The summed E-state index contributed by atoms with van der Waals surface area (Å²) in [6.07, 6.45) is -11.8. The standard InChI is InChI=1S/C26H25F6N3O4/c1-2-20-23(37)33(13-16-6-4-3-5-7-16)14-21-34(9-8-22(36)35(20)21)24(38)39-15-17-10-18(25(27,28)29)12-19(11-17)26(30,31)32/h3-7,10-12,20-21H,2,8-9,13-15H2,1H3/t20-,21+/m0/s1. The molecule has 4 rings (SSSR count).